The number of carboxylic acids is 1. The van der Waals surface area contributed by atoms with E-state index in [4.69, 9.17) is 5.11 Å². The summed E-state index contributed by atoms with van der Waals surface area (Å²) < 4.78 is 0. The number of rotatable bonds is 7. The lowest BCUT2D eigenvalue weighted by Crippen LogP contribution is -2.49. The maximum absolute atomic E-state index is 11.7. The van der Waals surface area contributed by atoms with E-state index in [9.17, 15) is 14.4 Å². The second-order valence-electron chi connectivity index (χ2n) is 5.41. The summed E-state index contributed by atoms with van der Waals surface area (Å²) in [5, 5.41) is 16.5. The number of nitrogens with one attached hydrogen (secondary N) is 3. The third-order valence-electron chi connectivity index (χ3n) is 3.56. The summed E-state index contributed by atoms with van der Waals surface area (Å²) in [4.78, 5) is 34.2. The van der Waals surface area contributed by atoms with Gasteiger partial charge in [-0.3, -0.25) is 4.79 Å². The van der Waals surface area contributed by atoms with Crippen molar-refractivity contribution in [3.63, 3.8) is 0 Å². The van der Waals surface area contributed by atoms with Gasteiger partial charge in [-0.1, -0.05) is 32.6 Å². The Kier molecular flexibility index (Phi) is 7.56. The number of hydrogen-bond acceptors (Lipinski definition) is 3. The van der Waals surface area contributed by atoms with E-state index in [1.54, 1.807) is 0 Å². The smallest absolute Gasteiger partial charge is 0.326 e. The molecule has 1 fully saturated rings. The SMILES string of the molecule is CCCC(NC(=O)NCC(=O)NC1CCCCC1)C(=O)O. The molecule has 0 aromatic carbocycles. The maximum atomic E-state index is 11.7. The van der Waals surface area contributed by atoms with E-state index in [0.717, 1.165) is 25.7 Å². The number of amides is 3. The van der Waals surface area contributed by atoms with Gasteiger partial charge in [-0.15, -0.1) is 0 Å². The molecule has 1 saturated carbocycles. The number of urea groups is 1. The molecule has 21 heavy (non-hydrogen) atoms. The number of carboxylic acid groups (broad SMARTS) is 1. The highest BCUT2D eigenvalue weighted by Crippen LogP contribution is 2.16. The van der Waals surface area contributed by atoms with Crippen molar-refractivity contribution < 1.29 is 19.5 Å². The molecule has 0 spiro atoms. The molecule has 1 rings (SSSR count). The second kappa shape index (κ2) is 9.20. The number of carbonyl (C=O) groups excluding carboxylic acids is 2. The molecule has 3 amide bonds. The van der Waals surface area contributed by atoms with Gasteiger partial charge in [0.1, 0.15) is 6.04 Å². The summed E-state index contributed by atoms with van der Waals surface area (Å²) >= 11 is 0. The molecule has 1 atom stereocenters. The summed E-state index contributed by atoms with van der Waals surface area (Å²) in [7, 11) is 0. The quantitative estimate of drug-likeness (QED) is 0.562. The second-order valence-corrected chi connectivity index (χ2v) is 5.41. The Bertz CT molecular complexity index is 367. The summed E-state index contributed by atoms with van der Waals surface area (Å²) in [5.41, 5.74) is 0. The third-order valence-corrected chi connectivity index (χ3v) is 3.56. The van der Waals surface area contributed by atoms with Gasteiger partial charge in [0, 0.05) is 6.04 Å². The van der Waals surface area contributed by atoms with Crippen LogP contribution in [0.2, 0.25) is 0 Å². The Balaban J connectivity index is 2.24. The molecule has 1 aliphatic rings. The van der Waals surface area contributed by atoms with Gasteiger partial charge in [0.2, 0.25) is 5.91 Å². The summed E-state index contributed by atoms with van der Waals surface area (Å²) in [6.07, 6.45) is 6.43. The van der Waals surface area contributed by atoms with Crippen LogP contribution in [0, 0.1) is 0 Å². The van der Waals surface area contributed by atoms with E-state index in [-0.39, 0.29) is 18.5 Å². The highest BCUT2D eigenvalue weighted by Gasteiger charge is 2.19. The number of aliphatic carboxylic acids is 1. The van der Waals surface area contributed by atoms with Gasteiger partial charge in [0.25, 0.3) is 0 Å². The van der Waals surface area contributed by atoms with Crippen LogP contribution in [0.25, 0.3) is 0 Å². The molecule has 0 aromatic rings. The van der Waals surface area contributed by atoms with Crippen molar-refractivity contribution in [1.29, 1.82) is 0 Å². The van der Waals surface area contributed by atoms with Crippen LogP contribution in [0.5, 0.6) is 0 Å². The first-order chi connectivity index (χ1) is 10.0. The maximum Gasteiger partial charge on any atom is 0.326 e. The Hall–Kier alpha value is -1.79. The van der Waals surface area contributed by atoms with Gasteiger partial charge >= 0.3 is 12.0 Å². The van der Waals surface area contributed by atoms with Gasteiger partial charge in [0.15, 0.2) is 0 Å². The minimum Gasteiger partial charge on any atom is -0.480 e. The molecule has 0 aromatic heterocycles. The van der Waals surface area contributed by atoms with Crippen molar-refractivity contribution >= 4 is 17.9 Å². The van der Waals surface area contributed by atoms with Crippen LogP contribution in [0.15, 0.2) is 0 Å². The van der Waals surface area contributed by atoms with E-state index in [2.05, 4.69) is 16.0 Å². The molecule has 1 aliphatic carbocycles. The fourth-order valence-electron chi connectivity index (χ4n) is 2.44. The first-order valence-corrected chi connectivity index (χ1v) is 7.59. The molecule has 0 heterocycles. The average molecular weight is 299 g/mol. The van der Waals surface area contributed by atoms with E-state index < -0.39 is 18.0 Å². The summed E-state index contributed by atoms with van der Waals surface area (Å²) in [6, 6.07) is -1.35. The van der Waals surface area contributed by atoms with Crippen LogP contribution >= 0.6 is 0 Å². The molecule has 120 valence electrons. The van der Waals surface area contributed by atoms with Crippen LogP contribution in [-0.4, -0.2) is 41.6 Å². The van der Waals surface area contributed by atoms with Crippen molar-refractivity contribution in [2.75, 3.05) is 6.54 Å². The summed E-state index contributed by atoms with van der Waals surface area (Å²) in [6.45, 7) is 1.70. The number of carbonyl (C=O) groups is 3. The Morgan fingerprint density at radius 1 is 1.19 bits per heavy atom. The molecule has 0 aliphatic heterocycles. The monoisotopic (exact) mass is 299 g/mol. The Labute approximate surface area is 124 Å². The lowest BCUT2D eigenvalue weighted by molar-refractivity contribution is -0.139. The Morgan fingerprint density at radius 2 is 1.86 bits per heavy atom. The number of hydrogen-bond donors (Lipinski definition) is 4. The van der Waals surface area contributed by atoms with Crippen molar-refractivity contribution in [2.24, 2.45) is 0 Å². The average Bonchev–Trinajstić information content (AvgIpc) is 2.45. The normalized spacial score (nSPS) is 16.8. The van der Waals surface area contributed by atoms with Crippen molar-refractivity contribution in [3.05, 3.63) is 0 Å². The minimum atomic E-state index is -1.07. The lowest BCUT2D eigenvalue weighted by Gasteiger charge is -2.22. The van der Waals surface area contributed by atoms with E-state index in [1.165, 1.54) is 6.42 Å². The van der Waals surface area contributed by atoms with E-state index in [1.807, 2.05) is 6.92 Å². The molecule has 1 unspecified atom stereocenters. The van der Waals surface area contributed by atoms with Gasteiger partial charge in [-0.2, -0.15) is 0 Å². The van der Waals surface area contributed by atoms with Crippen LogP contribution in [0.3, 0.4) is 0 Å². The molecule has 4 N–H and O–H groups in total. The van der Waals surface area contributed by atoms with Gasteiger partial charge in [0.05, 0.1) is 6.54 Å². The first-order valence-electron chi connectivity index (χ1n) is 7.59. The van der Waals surface area contributed by atoms with Gasteiger partial charge in [-0.05, 0) is 19.3 Å². The molecule has 0 radical (unpaired) electrons. The van der Waals surface area contributed by atoms with Gasteiger partial charge < -0.3 is 21.1 Å². The zero-order valence-corrected chi connectivity index (χ0v) is 12.5. The third kappa shape index (κ3) is 6.97. The van der Waals surface area contributed by atoms with Crippen LogP contribution in [0.4, 0.5) is 4.79 Å². The first kappa shape index (κ1) is 17.3. The predicted molar refractivity (Wildman–Crippen MR) is 77.9 cm³/mol. The van der Waals surface area contributed by atoms with Crippen molar-refractivity contribution in [3.8, 4) is 0 Å². The molecule has 7 heteroatoms. The summed E-state index contributed by atoms with van der Waals surface area (Å²) in [5.74, 6) is -1.31. The fourth-order valence-corrected chi connectivity index (χ4v) is 2.44. The Morgan fingerprint density at radius 3 is 2.43 bits per heavy atom. The van der Waals surface area contributed by atoms with Gasteiger partial charge in [-0.25, -0.2) is 9.59 Å². The fraction of sp³-hybridized carbons (Fsp3) is 0.786. The molecule has 7 nitrogen and oxygen atoms in total. The van der Waals surface area contributed by atoms with E-state index in [0.29, 0.717) is 12.8 Å². The van der Waals surface area contributed by atoms with Crippen molar-refractivity contribution in [2.45, 2.75) is 64.0 Å². The predicted octanol–water partition coefficient (Wildman–Crippen LogP) is 0.988. The molecular formula is C14H25N3O4. The zero-order chi connectivity index (χ0) is 15.7. The van der Waals surface area contributed by atoms with Crippen molar-refractivity contribution in [1.82, 2.24) is 16.0 Å². The highest BCUT2D eigenvalue weighted by molar-refractivity contribution is 5.86. The standard InChI is InChI=1S/C14H25N3O4/c1-2-6-11(13(19)20)17-14(21)15-9-12(18)16-10-7-4-3-5-8-10/h10-11H,2-9H2,1H3,(H,16,18)(H,19,20)(H2,15,17,21). The molecule has 0 saturated heterocycles. The molecule has 0 bridgehead atoms. The van der Waals surface area contributed by atoms with Crippen LogP contribution in [-0.2, 0) is 9.59 Å². The molecular weight excluding hydrogens is 274 g/mol. The lowest BCUT2D eigenvalue weighted by atomic mass is 9.95. The highest BCUT2D eigenvalue weighted by atomic mass is 16.4. The van der Waals surface area contributed by atoms with Crippen LogP contribution in [0.1, 0.15) is 51.9 Å². The zero-order valence-electron chi connectivity index (χ0n) is 12.5. The van der Waals surface area contributed by atoms with E-state index >= 15 is 0 Å². The minimum absolute atomic E-state index is 0.138. The largest absolute Gasteiger partial charge is 0.480 e. The van der Waals surface area contributed by atoms with Crippen LogP contribution < -0.4 is 16.0 Å². The topological polar surface area (TPSA) is 108 Å².